The number of allylic oxidation sites excluding steroid dienone is 10. The number of ketones is 2. The fourth-order valence-electron chi connectivity index (χ4n) is 6.24. The Labute approximate surface area is 292 Å². The zero-order chi connectivity index (χ0) is 36.1. The molecule has 0 aliphatic heterocycles. The predicted octanol–water partition coefficient (Wildman–Crippen LogP) is 10.7. The van der Waals surface area contributed by atoms with Crippen molar-refractivity contribution in [3.8, 4) is 0 Å². The lowest BCUT2D eigenvalue weighted by Gasteiger charge is -2.32. The number of carbonyl (C=O) groups is 2. The van der Waals surface area contributed by atoms with E-state index in [-0.39, 0.29) is 33.2 Å². The molecule has 2 aliphatic rings. The van der Waals surface area contributed by atoms with Crippen molar-refractivity contribution in [2.45, 2.75) is 83.1 Å². The first kappa shape index (κ1) is 35.7. The Morgan fingerprint density at radius 1 is 0.469 bits per heavy atom. The molecule has 0 radical (unpaired) electrons. The minimum absolute atomic E-state index is 0.0705. The first-order valence-corrected chi connectivity index (χ1v) is 17.1. The summed E-state index contributed by atoms with van der Waals surface area (Å²) in [6.07, 6.45) is 11.6. The maximum absolute atomic E-state index is 13.9. The Morgan fingerprint density at radius 3 is 1.02 bits per heavy atom. The van der Waals surface area contributed by atoms with Crippen molar-refractivity contribution < 1.29 is 14.0 Å². The van der Waals surface area contributed by atoms with Crippen LogP contribution in [0.1, 0.15) is 106 Å². The van der Waals surface area contributed by atoms with Gasteiger partial charge in [0.05, 0.1) is 22.5 Å². The van der Waals surface area contributed by atoms with Crippen molar-refractivity contribution in [1.29, 1.82) is 0 Å². The molecule has 3 aromatic heterocycles. The SMILES string of the molecule is CC(C)(C)C1=CC(=C(c2ccccn2)c2ccc(C(=C3C=C(C(C)(C)C)C(=O)C(C(C)(C)C)=C3)c3ccccn3)o2)C=C(C(C)(C)C)C1=O. The Kier molecular flexibility index (Phi) is 9.22. The van der Waals surface area contributed by atoms with Gasteiger partial charge >= 0.3 is 0 Å². The molecule has 49 heavy (non-hydrogen) atoms. The number of Topliss-reactive ketones (excluding diaryl/α,β-unsaturated/α-hetero) is 2. The summed E-state index contributed by atoms with van der Waals surface area (Å²) in [5.74, 6) is 1.38. The quantitative estimate of drug-likeness (QED) is 0.280. The van der Waals surface area contributed by atoms with Crippen LogP contribution in [0.25, 0.3) is 11.1 Å². The maximum Gasteiger partial charge on any atom is 0.186 e. The third-order valence-electron chi connectivity index (χ3n) is 8.93. The first-order valence-electron chi connectivity index (χ1n) is 17.1. The average molecular weight is 655 g/mol. The fraction of sp³-hybridized carbons (Fsp3) is 0.364. The summed E-state index contributed by atoms with van der Waals surface area (Å²) >= 11 is 0. The van der Waals surface area contributed by atoms with Gasteiger partial charge in [0.2, 0.25) is 0 Å². The highest BCUT2D eigenvalue weighted by molar-refractivity contribution is 6.13. The van der Waals surface area contributed by atoms with E-state index in [1.807, 2.05) is 72.8 Å². The van der Waals surface area contributed by atoms with Gasteiger partial charge in [0.15, 0.2) is 11.6 Å². The lowest BCUT2D eigenvalue weighted by atomic mass is 9.71. The lowest BCUT2D eigenvalue weighted by Crippen LogP contribution is -2.28. The Hall–Kier alpha value is -4.64. The van der Waals surface area contributed by atoms with Gasteiger partial charge in [-0.25, -0.2) is 0 Å². The largest absolute Gasteiger partial charge is 0.456 e. The van der Waals surface area contributed by atoms with Crippen LogP contribution in [0.2, 0.25) is 0 Å². The Balaban J connectivity index is 1.85. The molecule has 2 aliphatic carbocycles. The molecule has 0 fully saturated rings. The van der Waals surface area contributed by atoms with E-state index < -0.39 is 0 Å². The van der Waals surface area contributed by atoms with Crippen LogP contribution in [0.5, 0.6) is 0 Å². The van der Waals surface area contributed by atoms with Crippen LogP contribution in [0, 0.1) is 21.7 Å². The average Bonchev–Trinajstić information content (AvgIpc) is 3.46. The Bertz CT molecular complexity index is 1770. The molecule has 0 atom stereocenters. The van der Waals surface area contributed by atoms with Gasteiger partial charge < -0.3 is 4.42 Å². The van der Waals surface area contributed by atoms with Crippen LogP contribution in [-0.2, 0) is 9.59 Å². The van der Waals surface area contributed by atoms with E-state index in [1.54, 1.807) is 12.4 Å². The van der Waals surface area contributed by atoms with E-state index >= 15 is 0 Å². The fourth-order valence-corrected chi connectivity index (χ4v) is 6.24. The molecule has 5 heteroatoms. The third kappa shape index (κ3) is 7.36. The van der Waals surface area contributed by atoms with Crippen molar-refractivity contribution in [2.75, 3.05) is 0 Å². The van der Waals surface area contributed by atoms with Crippen LogP contribution in [0.4, 0.5) is 0 Å². The molecule has 5 rings (SSSR count). The summed E-state index contributed by atoms with van der Waals surface area (Å²) in [4.78, 5) is 37.2. The molecule has 0 aromatic carbocycles. The standard InChI is InChI=1S/C44H50N2O3/c1-41(2,3)29-23-27(24-30(39(29)47)42(4,5)6)37(33-17-13-15-21-45-33)35-19-20-36(49-35)38(34-18-14-16-22-46-34)28-25-31(43(7,8)9)40(48)32(26-28)44(10,11)12/h13-26H,1-12H3. The van der Waals surface area contributed by atoms with Gasteiger partial charge in [0.1, 0.15) is 11.5 Å². The molecule has 0 saturated heterocycles. The third-order valence-corrected chi connectivity index (χ3v) is 8.93. The maximum atomic E-state index is 13.9. The van der Waals surface area contributed by atoms with Crippen LogP contribution in [0.3, 0.4) is 0 Å². The molecule has 0 N–H and O–H groups in total. The molecule has 3 heterocycles. The van der Waals surface area contributed by atoms with Crippen molar-refractivity contribution >= 4 is 22.7 Å². The summed E-state index contributed by atoms with van der Waals surface area (Å²) in [7, 11) is 0. The number of pyridine rings is 2. The number of carbonyl (C=O) groups excluding carboxylic acids is 2. The van der Waals surface area contributed by atoms with Gasteiger partial charge in [-0.1, -0.05) is 95.2 Å². The van der Waals surface area contributed by atoms with E-state index in [4.69, 9.17) is 14.4 Å². The molecular weight excluding hydrogens is 604 g/mol. The van der Waals surface area contributed by atoms with E-state index in [2.05, 4.69) is 83.1 Å². The van der Waals surface area contributed by atoms with E-state index in [1.165, 1.54) is 0 Å². The van der Waals surface area contributed by atoms with Gasteiger partial charge in [0.25, 0.3) is 0 Å². The number of furan rings is 1. The van der Waals surface area contributed by atoms with Gasteiger partial charge in [-0.3, -0.25) is 19.6 Å². The van der Waals surface area contributed by atoms with E-state index in [9.17, 15) is 9.59 Å². The number of hydrogen-bond donors (Lipinski definition) is 0. The zero-order valence-corrected chi connectivity index (χ0v) is 31.2. The van der Waals surface area contributed by atoms with Crippen molar-refractivity contribution in [3.05, 3.63) is 142 Å². The van der Waals surface area contributed by atoms with Crippen molar-refractivity contribution in [1.82, 2.24) is 9.97 Å². The number of rotatable bonds is 4. The second kappa shape index (κ2) is 12.7. The molecular formula is C44H50N2O3. The molecule has 0 bridgehead atoms. The highest BCUT2D eigenvalue weighted by Gasteiger charge is 2.37. The van der Waals surface area contributed by atoms with Crippen LogP contribution < -0.4 is 0 Å². The van der Waals surface area contributed by atoms with Crippen molar-refractivity contribution in [2.24, 2.45) is 21.7 Å². The molecule has 0 unspecified atom stereocenters. The van der Waals surface area contributed by atoms with E-state index in [0.717, 1.165) is 56.0 Å². The summed E-state index contributed by atoms with van der Waals surface area (Å²) in [6, 6.07) is 15.6. The summed E-state index contributed by atoms with van der Waals surface area (Å²) in [5.41, 5.74) is 6.30. The number of nitrogens with zero attached hydrogens (tertiary/aromatic N) is 2. The number of aromatic nitrogens is 2. The Morgan fingerprint density at radius 2 is 0.776 bits per heavy atom. The predicted molar refractivity (Wildman–Crippen MR) is 199 cm³/mol. The van der Waals surface area contributed by atoms with Gasteiger partial charge in [-0.05, 0) is 93.5 Å². The molecule has 0 saturated carbocycles. The summed E-state index contributed by atoms with van der Waals surface area (Å²) < 4.78 is 6.88. The molecule has 3 aromatic rings. The minimum Gasteiger partial charge on any atom is -0.456 e. The highest BCUT2D eigenvalue weighted by atomic mass is 16.3. The normalized spacial score (nSPS) is 16.2. The zero-order valence-electron chi connectivity index (χ0n) is 31.2. The van der Waals surface area contributed by atoms with Gasteiger partial charge in [-0.2, -0.15) is 0 Å². The minimum atomic E-state index is -0.375. The van der Waals surface area contributed by atoms with Crippen LogP contribution in [0.15, 0.2) is 123 Å². The molecule has 0 amide bonds. The number of hydrogen-bond acceptors (Lipinski definition) is 5. The van der Waals surface area contributed by atoms with Crippen LogP contribution >= 0.6 is 0 Å². The highest BCUT2D eigenvalue weighted by Crippen LogP contribution is 2.44. The summed E-state index contributed by atoms with van der Waals surface area (Å²) in [5, 5.41) is 0. The smallest absolute Gasteiger partial charge is 0.186 e. The second-order valence-electron chi connectivity index (χ2n) is 17.1. The molecule has 254 valence electrons. The van der Waals surface area contributed by atoms with Gasteiger partial charge in [-0.15, -0.1) is 0 Å². The monoisotopic (exact) mass is 654 g/mol. The summed E-state index contributed by atoms with van der Waals surface area (Å²) in [6.45, 7) is 24.9. The molecule has 5 nitrogen and oxygen atoms in total. The van der Waals surface area contributed by atoms with Crippen LogP contribution in [-0.4, -0.2) is 21.5 Å². The molecule has 0 spiro atoms. The van der Waals surface area contributed by atoms with Crippen molar-refractivity contribution in [3.63, 3.8) is 0 Å². The topological polar surface area (TPSA) is 73.1 Å². The van der Waals surface area contributed by atoms with Gasteiger partial charge in [0, 0.05) is 34.7 Å². The second-order valence-corrected chi connectivity index (χ2v) is 17.1. The lowest BCUT2D eigenvalue weighted by molar-refractivity contribution is -0.114. The first-order chi connectivity index (χ1) is 22.7. The van der Waals surface area contributed by atoms with E-state index in [0.29, 0.717) is 11.5 Å².